The number of hydrogen-bond donors (Lipinski definition) is 0. The zero-order chi connectivity index (χ0) is 20.6. The highest BCUT2D eigenvalue weighted by atomic mass is 32.2. The summed E-state index contributed by atoms with van der Waals surface area (Å²) < 4.78 is 27.9. The first-order valence-corrected chi connectivity index (χ1v) is 12.9. The molecule has 5 rings (SSSR count). The van der Waals surface area contributed by atoms with Gasteiger partial charge in [0.25, 0.3) is 0 Å². The number of pyridine rings is 1. The Kier molecular flexibility index (Phi) is 5.47. The van der Waals surface area contributed by atoms with E-state index in [1.165, 1.54) is 37.7 Å². The third kappa shape index (κ3) is 3.84. The summed E-state index contributed by atoms with van der Waals surface area (Å²) in [6.07, 6.45) is 8.08. The first-order valence-electron chi connectivity index (χ1n) is 10.7. The Morgan fingerprint density at radius 1 is 0.933 bits per heavy atom. The van der Waals surface area contributed by atoms with Crippen LogP contribution in [0.2, 0.25) is 0 Å². The average Bonchev–Trinajstić information content (AvgIpc) is 3.24. The van der Waals surface area contributed by atoms with E-state index in [9.17, 15) is 8.42 Å². The predicted molar refractivity (Wildman–Crippen MR) is 121 cm³/mol. The van der Waals surface area contributed by atoms with Crippen molar-refractivity contribution in [3.8, 4) is 0 Å². The van der Waals surface area contributed by atoms with Gasteiger partial charge in [0.05, 0.1) is 4.90 Å². The van der Waals surface area contributed by atoms with E-state index in [0.29, 0.717) is 37.0 Å². The molecule has 3 heterocycles. The molecule has 1 aliphatic heterocycles. The minimum absolute atomic E-state index is 0.402. The number of hydrogen-bond acceptors (Lipinski definition) is 6. The Morgan fingerprint density at radius 2 is 1.67 bits per heavy atom. The smallest absolute Gasteiger partial charge is 0.243 e. The highest BCUT2D eigenvalue weighted by Gasteiger charge is 2.29. The summed E-state index contributed by atoms with van der Waals surface area (Å²) >= 11 is 1.56. The van der Waals surface area contributed by atoms with Gasteiger partial charge in [-0.25, -0.2) is 18.4 Å². The van der Waals surface area contributed by atoms with Gasteiger partial charge in [-0.3, -0.25) is 0 Å². The van der Waals surface area contributed by atoms with Crippen molar-refractivity contribution in [2.45, 2.75) is 42.9 Å². The number of anilines is 1. The van der Waals surface area contributed by atoms with Crippen LogP contribution in [0.5, 0.6) is 0 Å². The summed E-state index contributed by atoms with van der Waals surface area (Å²) in [5.74, 6) is 0.586. The molecule has 3 aromatic rings. The van der Waals surface area contributed by atoms with Gasteiger partial charge in [0, 0.05) is 32.4 Å². The molecule has 30 heavy (non-hydrogen) atoms. The molecule has 1 saturated heterocycles. The van der Waals surface area contributed by atoms with Crippen LogP contribution in [-0.4, -0.2) is 48.9 Å². The fraction of sp³-hybridized carbons (Fsp3) is 0.455. The van der Waals surface area contributed by atoms with Crippen molar-refractivity contribution < 1.29 is 8.42 Å². The van der Waals surface area contributed by atoms with Gasteiger partial charge >= 0.3 is 0 Å². The van der Waals surface area contributed by atoms with Crippen molar-refractivity contribution >= 4 is 36.8 Å². The molecule has 0 N–H and O–H groups in total. The molecule has 8 heteroatoms. The molecule has 1 aliphatic carbocycles. The fourth-order valence-electron chi connectivity index (χ4n) is 4.51. The van der Waals surface area contributed by atoms with Crippen molar-refractivity contribution in [3.63, 3.8) is 0 Å². The number of fused-ring (bicyclic) bond motifs is 1. The lowest BCUT2D eigenvalue weighted by molar-refractivity contribution is 0.384. The minimum Gasteiger partial charge on any atom is -0.345 e. The topological polar surface area (TPSA) is 66.4 Å². The van der Waals surface area contributed by atoms with Crippen molar-refractivity contribution in [1.82, 2.24) is 14.3 Å². The molecule has 2 aromatic heterocycles. The van der Waals surface area contributed by atoms with Gasteiger partial charge in [0.2, 0.25) is 10.0 Å². The van der Waals surface area contributed by atoms with Crippen LogP contribution in [-0.2, 0) is 10.0 Å². The van der Waals surface area contributed by atoms with Crippen molar-refractivity contribution in [1.29, 1.82) is 0 Å². The SMILES string of the molecule is O=S(=O)(c1ccc(C2CCCCC2)cc1)N1CCN(c2nc3cccnc3s2)CC1. The van der Waals surface area contributed by atoms with Crippen LogP contribution in [0.4, 0.5) is 5.13 Å². The Labute approximate surface area is 181 Å². The van der Waals surface area contributed by atoms with Gasteiger partial charge < -0.3 is 4.90 Å². The maximum Gasteiger partial charge on any atom is 0.243 e. The van der Waals surface area contributed by atoms with E-state index in [2.05, 4.69) is 14.9 Å². The van der Waals surface area contributed by atoms with Gasteiger partial charge in [0.1, 0.15) is 10.3 Å². The monoisotopic (exact) mass is 442 g/mol. The second kappa shape index (κ2) is 8.24. The van der Waals surface area contributed by atoms with Gasteiger partial charge in [-0.15, -0.1) is 0 Å². The van der Waals surface area contributed by atoms with E-state index in [1.54, 1.807) is 34.0 Å². The van der Waals surface area contributed by atoms with Crippen molar-refractivity contribution in [3.05, 3.63) is 48.2 Å². The molecule has 2 fully saturated rings. The quantitative estimate of drug-likeness (QED) is 0.604. The molecule has 0 bridgehead atoms. The summed E-state index contributed by atoms with van der Waals surface area (Å²) in [4.78, 5) is 12.5. The molecule has 0 atom stereocenters. The van der Waals surface area contributed by atoms with Gasteiger partial charge in [0.15, 0.2) is 5.13 Å². The van der Waals surface area contributed by atoms with E-state index >= 15 is 0 Å². The molecule has 0 unspecified atom stereocenters. The Hall–Kier alpha value is -2.03. The summed E-state index contributed by atoms with van der Waals surface area (Å²) in [6, 6.07) is 11.5. The number of thiazole rings is 1. The minimum atomic E-state index is -3.46. The summed E-state index contributed by atoms with van der Waals surface area (Å²) in [7, 11) is -3.46. The van der Waals surface area contributed by atoms with Crippen LogP contribution < -0.4 is 4.90 Å². The molecule has 6 nitrogen and oxygen atoms in total. The first-order chi connectivity index (χ1) is 14.6. The summed E-state index contributed by atoms with van der Waals surface area (Å²) in [5, 5.41) is 0.914. The molecule has 0 radical (unpaired) electrons. The second-order valence-corrected chi connectivity index (χ2v) is 11.0. The average molecular weight is 443 g/mol. The van der Waals surface area contributed by atoms with Crippen LogP contribution >= 0.6 is 11.3 Å². The van der Waals surface area contributed by atoms with Crippen molar-refractivity contribution in [2.75, 3.05) is 31.1 Å². The maximum atomic E-state index is 13.1. The van der Waals surface area contributed by atoms with E-state index in [4.69, 9.17) is 0 Å². The third-order valence-corrected chi connectivity index (χ3v) is 9.21. The molecule has 0 amide bonds. The van der Waals surface area contributed by atoms with Crippen LogP contribution in [0.1, 0.15) is 43.6 Å². The van der Waals surface area contributed by atoms with E-state index < -0.39 is 10.0 Å². The fourth-order valence-corrected chi connectivity index (χ4v) is 6.89. The molecule has 1 aromatic carbocycles. The highest BCUT2D eigenvalue weighted by Crippen LogP contribution is 2.33. The highest BCUT2D eigenvalue weighted by molar-refractivity contribution is 7.89. The second-order valence-electron chi connectivity index (χ2n) is 8.12. The molecule has 2 aliphatic rings. The zero-order valence-corrected chi connectivity index (χ0v) is 18.5. The zero-order valence-electron chi connectivity index (χ0n) is 16.9. The number of benzene rings is 1. The maximum absolute atomic E-state index is 13.1. The van der Waals surface area contributed by atoms with E-state index in [-0.39, 0.29) is 0 Å². The largest absolute Gasteiger partial charge is 0.345 e. The molecule has 158 valence electrons. The molecule has 1 saturated carbocycles. The molecular formula is C22H26N4O2S2. The number of aromatic nitrogens is 2. The third-order valence-electron chi connectivity index (χ3n) is 6.26. The lowest BCUT2D eigenvalue weighted by Crippen LogP contribution is -2.48. The van der Waals surface area contributed by atoms with E-state index in [0.717, 1.165) is 15.5 Å². The Balaban J connectivity index is 1.26. The normalized spacial score (nSPS) is 19.4. The summed E-state index contributed by atoms with van der Waals surface area (Å²) in [5.41, 5.74) is 2.17. The number of sulfonamides is 1. The Bertz CT molecular complexity index is 1080. The van der Waals surface area contributed by atoms with Gasteiger partial charge in [-0.2, -0.15) is 4.31 Å². The molecule has 0 spiro atoms. The van der Waals surface area contributed by atoms with Crippen LogP contribution in [0.15, 0.2) is 47.5 Å². The molecular weight excluding hydrogens is 416 g/mol. The van der Waals surface area contributed by atoms with Crippen LogP contribution in [0.3, 0.4) is 0 Å². The standard InChI is InChI=1S/C22H26N4O2S2/c27-30(28,19-10-8-18(9-11-19)17-5-2-1-3-6-17)26-15-13-25(14-16-26)22-24-20-7-4-12-23-21(20)29-22/h4,7-12,17H,1-3,5-6,13-16H2. The number of piperazine rings is 1. The lowest BCUT2D eigenvalue weighted by Gasteiger charge is -2.33. The van der Waals surface area contributed by atoms with Crippen LogP contribution in [0, 0.1) is 0 Å². The van der Waals surface area contributed by atoms with Gasteiger partial charge in [-0.05, 0) is 48.6 Å². The van der Waals surface area contributed by atoms with E-state index in [1.807, 2.05) is 24.3 Å². The first kappa shape index (κ1) is 19.9. The van der Waals surface area contributed by atoms with Gasteiger partial charge in [-0.1, -0.05) is 42.7 Å². The number of nitrogens with zero attached hydrogens (tertiary/aromatic N) is 4. The summed E-state index contributed by atoms with van der Waals surface area (Å²) in [6.45, 7) is 2.21. The predicted octanol–water partition coefficient (Wildman–Crippen LogP) is 4.25. The lowest BCUT2D eigenvalue weighted by atomic mass is 9.84. The van der Waals surface area contributed by atoms with Crippen LogP contribution in [0.25, 0.3) is 10.3 Å². The Morgan fingerprint density at radius 3 is 2.37 bits per heavy atom. The number of rotatable bonds is 4. The van der Waals surface area contributed by atoms with Crippen molar-refractivity contribution in [2.24, 2.45) is 0 Å².